The summed E-state index contributed by atoms with van der Waals surface area (Å²) in [5.41, 5.74) is 5.61. The summed E-state index contributed by atoms with van der Waals surface area (Å²) in [6.07, 6.45) is 1.77. The molecule has 0 heterocycles. The van der Waals surface area contributed by atoms with E-state index in [-0.39, 0.29) is 30.1 Å². The van der Waals surface area contributed by atoms with Gasteiger partial charge in [0.05, 0.1) is 6.42 Å². The zero-order valence-corrected chi connectivity index (χ0v) is 12.5. The number of amides is 2. The minimum absolute atomic E-state index is 0.0438. The van der Waals surface area contributed by atoms with Gasteiger partial charge >= 0.3 is 0 Å². The molecule has 7 heteroatoms. The Morgan fingerprint density at radius 1 is 1.30 bits per heavy atom. The normalized spacial score (nSPS) is 19.2. The molecule has 1 aromatic carbocycles. The maximum absolute atomic E-state index is 13.1. The summed E-state index contributed by atoms with van der Waals surface area (Å²) in [4.78, 5) is 35.1. The molecule has 3 N–H and O–H groups in total. The number of rotatable bonds is 5. The minimum atomic E-state index is -1.04. The number of halogens is 2. The van der Waals surface area contributed by atoms with Crippen LogP contribution in [-0.2, 0) is 20.8 Å². The summed E-state index contributed by atoms with van der Waals surface area (Å²) in [5, 5.41) is 2.51. The third-order valence-electron chi connectivity index (χ3n) is 3.96. The van der Waals surface area contributed by atoms with Crippen molar-refractivity contribution in [1.82, 2.24) is 5.32 Å². The van der Waals surface area contributed by atoms with Crippen molar-refractivity contribution in [3.05, 3.63) is 35.4 Å². The molecule has 0 aromatic heterocycles. The van der Waals surface area contributed by atoms with Crippen LogP contribution in [0.2, 0.25) is 0 Å². The minimum Gasteiger partial charge on any atom is -0.368 e. The van der Waals surface area contributed by atoms with Gasteiger partial charge in [-0.2, -0.15) is 0 Å². The van der Waals surface area contributed by atoms with Gasteiger partial charge < -0.3 is 11.1 Å². The van der Waals surface area contributed by atoms with E-state index >= 15 is 0 Å². The third kappa shape index (κ3) is 4.58. The van der Waals surface area contributed by atoms with E-state index in [4.69, 9.17) is 5.73 Å². The third-order valence-corrected chi connectivity index (χ3v) is 3.96. The van der Waals surface area contributed by atoms with Crippen molar-refractivity contribution in [3.8, 4) is 0 Å². The summed E-state index contributed by atoms with van der Waals surface area (Å²) in [7, 11) is 0. The Labute approximate surface area is 132 Å². The zero-order valence-electron chi connectivity index (χ0n) is 12.5. The SMILES string of the molecule is NC(=O)[C@H](NC(=O)Cc1ccc(F)c(F)c1)[C@H]1CCCC(=O)C1. The molecule has 5 nitrogen and oxygen atoms in total. The first-order valence-electron chi connectivity index (χ1n) is 7.41. The van der Waals surface area contributed by atoms with Gasteiger partial charge in [-0.05, 0) is 36.5 Å². The van der Waals surface area contributed by atoms with Crippen molar-refractivity contribution in [2.45, 2.75) is 38.1 Å². The second-order valence-corrected chi connectivity index (χ2v) is 5.77. The topological polar surface area (TPSA) is 89.3 Å². The highest BCUT2D eigenvalue weighted by Gasteiger charge is 2.32. The predicted molar refractivity (Wildman–Crippen MR) is 78.2 cm³/mol. The summed E-state index contributed by atoms with van der Waals surface area (Å²) in [5.74, 6) is -3.55. The van der Waals surface area contributed by atoms with Crippen molar-refractivity contribution < 1.29 is 23.2 Å². The molecule has 0 bridgehead atoms. The van der Waals surface area contributed by atoms with Crippen molar-refractivity contribution in [2.75, 3.05) is 0 Å². The fraction of sp³-hybridized carbons (Fsp3) is 0.438. The zero-order chi connectivity index (χ0) is 17.0. The first-order chi connectivity index (χ1) is 10.9. The lowest BCUT2D eigenvalue weighted by atomic mass is 9.83. The number of Topliss-reactive ketones (excluding diaryl/α,β-unsaturated/α-hetero) is 1. The number of ketones is 1. The fourth-order valence-electron chi connectivity index (χ4n) is 2.82. The lowest BCUT2D eigenvalue weighted by molar-refractivity contribution is -0.130. The van der Waals surface area contributed by atoms with E-state index in [1.807, 2.05) is 0 Å². The molecular weight excluding hydrogens is 306 g/mol. The lowest BCUT2D eigenvalue weighted by Crippen LogP contribution is -2.50. The van der Waals surface area contributed by atoms with Gasteiger partial charge in [-0.25, -0.2) is 8.78 Å². The number of carbonyl (C=O) groups excluding carboxylic acids is 3. The molecule has 2 atom stereocenters. The van der Waals surface area contributed by atoms with E-state index in [2.05, 4.69) is 5.32 Å². The molecular formula is C16H18F2N2O3. The first kappa shape index (κ1) is 17.1. The Morgan fingerprint density at radius 2 is 2.04 bits per heavy atom. The Balaban J connectivity index is 2.01. The molecule has 1 aliphatic carbocycles. The van der Waals surface area contributed by atoms with Crippen LogP contribution in [0.3, 0.4) is 0 Å². The van der Waals surface area contributed by atoms with E-state index in [0.717, 1.165) is 12.1 Å². The Morgan fingerprint density at radius 3 is 2.65 bits per heavy atom. The van der Waals surface area contributed by atoms with E-state index < -0.39 is 29.5 Å². The summed E-state index contributed by atoms with van der Waals surface area (Å²) >= 11 is 0. The largest absolute Gasteiger partial charge is 0.368 e. The fourth-order valence-corrected chi connectivity index (χ4v) is 2.82. The number of primary amides is 1. The molecule has 0 radical (unpaired) electrons. The molecule has 23 heavy (non-hydrogen) atoms. The smallest absolute Gasteiger partial charge is 0.240 e. The Bertz CT molecular complexity index is 634. The van der Waals surface area contributed by atoms with Gasteiger partial charge in [-0.15, -0.1) is 0 Å². The maximum Gasteiger partial charge on any atom is 0.240 e. The molecule has 0 unspecified atom stereocenters. The average Bonchev–Trinajstić information content (AvgIpc) is 2.48. The first-order valence-corrected chi connectivity index (χ1v) is 7.41. The predicted octanol–water partition coefficient (Wildman–Crippen LogP) is 1.24. The second kappa shape index (κ2) is 7.30. The molecule has 1 saturated carbocycles. The van der Waals surface area contributed by atoms with Gasteiger partial charge in [0.25, 0.3) is 0 Å². The van der Waals surface area contributed by atoms with Gasteiger partial charge in [0, 0.05) is 12.8 Å². The summed E-state index contributed by atoms with van der Waals surface area (Å²) in [6, 6.07) is 2.22. The Kier molecular flexibility index (Phi) is 5.41. The molecule has 2 rings (SSSR count). The van der Waals surface area contributed by atoms with E-state index in [1.54, 1.807) is 0 Å². The highest BCUT2D eigenvalue weighted by atomic mass is 19.2. The number of carbonyl (C=O) groups is 3. The van der Waals surface area contributed by atoms with Gasteiger partial charge in [0.15, 0.2) is 11.6 Å². The highest BCUT2D eigenvalue weighted by molar-refractivity contribution is 5.89. The van der Waals surface area contributed by atoms with Crippen molar-refractivity contribution in [2.24, 2.45) is 11.7 Å². The standard InChI is InChI=1S/C16H18F2N2O3/c17-12-5-4-9(6-13(12)18)7-14(22)20-15(16(19)23)10-2-1-3-11(21)8-10/h4-6,10,15H,1-3,7-8H2,(H2,19,23)(H,20,22)/t10-,15+/m0/s1. The molecule has 0 saturated heterocycles. The summed E-state index contributed by atoms with van der Waals surface area (Å²) in [6.45, 7) is 0. The van der Waals surface area contributed by atoms with Crippen LogP contribution in [-0.4, -0.2) is 23.6 Å². The highest BCUT2D eigenvalue weighted by Crippen LogP contribution is 2.24. The molecule has 2 amide bonds. The molecule has 0 spiro atoms. The molecule has 1 aliphatic rings. The monoisotopic (exact) mass is 324 g/mol. The maximum atomic E-state index is 13.1. The van der Waals surface area contributed by atoms with Crippen molar-refractivity contribution >= 4 is 17.6 Å². The summed E-state index contributed by atoms with van der Waals surface area (Å²) < 4.78 is 26.0. The Hall–Kier alpha value is -2.31. The van der Waals surface area contributed by atoms with Crippen LogP contribution >= 0.6 is 0 Å². The van der Waals surface area contributed by atoms with Crippen LogP contribution in [0.4, 0.5) is 8.78 Å². The van der Waals surface area contributed by atoms with Gasteiger partial charge in [-0.1, -0.05) is 6.07 Å². The van der Waals surface area contributed by atoms with E-state index in [1.165, 1.54) is 6.07 Å². The number of nitrogens with one attached hydrogen (secondary N) is 1. The van der Waals surface area contributed by atoms with Crippen LogP contribution in [0.25, 0.3) is 0 Å². The van der Waals surface area contributed by atoms with Gasteiger partial charge in [-0.3, -0.25) is 14.4 Å². The van der Waals surface area contributed by atoms with E-state index in [9.17, 15) is 23.2 Å². The molecule has 124 valence electrons. The van der Waals surface area contributed by atoms with Crippen LogP contribution < -0.4 is 11.1 Å². The van der Waals surface area contributed by atoms with Gasteiger partial charge in [0.2, 0.25) is 11.8 Å². The van der Waals surface area contributed by atoms with Crippen LogP contribution in [0.1, 0.15) is 31.2 Å². The number of benzene rings is 1. The molecule has 0 aliphatic heterocycles. The van der Waals surface area contributed by atoms with Crippen LogP contribution in [0, 0.1) is 17.6 Å². The van der Waals surface area contributed by atoms with Crippen molar-refractivity contribution in [1.29, 1.82) is 0 Å². The van der Waals surface area contributed by atoms with Crippen molar-refractivity contribution in [3.63, 3.8) is 0 Å². The molecule has 1 aromatic rings. The van der Waals surface area contributed by atoms with Gasteiger partial charge in [0.1, 0.15) is 11.8 Å². The van der Waals surface area contributed by atoms with Crippen LogP contribution in [0.15, 0.2) is 18.2 Å². The lowest BCUT2D eigenvalue weighted by Gasteiger charge is -2.28. The quantitative estimate of drug-likeness (QED) is 0.854. The van der Waals surface area contributed by atoms with E-state index in [0.29, 0.717) is 19.3 Å². The second-order valence-electron chi connectivity index (χ2n) is 5.77. The number of hydrogen-bond acceptors (Lipinski definition) is 3. The number of hydrogen-bond donors (Lipinski definition) is 2. The average molecular weight is 324 g/mol. The van der Waals surface area contributed by atoms with Crippen LogP contribution in [0.5, 0.6) is 0 Å². The number of nitrogens with two attached hydrogens (primary N) is 1. The molecule has 1 fully saturated rings.